The minimum absolute atomic E-state index is 0. The first kappa shape index (κ1) is 19.1. The number of β-amino-alcohol motifs (C(OH)–C–C–N with tert-alkyl or cyclic N) is 1. The van der Waals surface area contributed by atoms with E-state index in [-0.39, 0.29) is 30.4 Å². The van der Waals surface area contributed by atoms with Gasteiger partial charge in [-0.2, -0.15) is 0 Å². The Morgan fingerprint density at radius 3 is 2.46 bits per heavy atom. The van der Waals surface area contributed by atoms with Crippen molar-refractivity contribution in [3.63, 3.8) is 0 Å². The van der Waals surface area contributed by atoms with Gasteiger partial charge >= 0.3 is 0 Å². The smallest absolute Gasteiger partial charge is 0.237 e. The summed E-state index contributed by atoms with van der Waals surface area (Å²) in [7, 11) is 0. The van der Waals surface area contributed by atoms with Crippen molar-refractivity contribution in [2.75, 3.05) is 13.1 Å². The number of nitrogens with one attached hydrogen (secondary N) is 2. The van der Waals surface area contributed by atoms with E-state index in [1.807, 2.05) is 0 Å². The van der Waals surface area contributed by atoms with Crippen molar-refractivity contribution in [2.24, 2.45) is 0 Å². The van der Waals surface area contributed by atoms with Crippen LogP contribution in [-0.4, -0.2) is 36.2 Å². The van der Waals surface area contributed by atoms with Crippen LogP contribution in [0.15, 0.2) is 18.2 Å². The van der Waals surface area contributed by atoms with E-state index in [0.29, 0.717) is 25.8 Å². The Hall–Kier alpha value is -1.24. The molecule has 2 unspecified atom stereocenters. The summed E-state index contributed by atoms with van der Waals surface area (Å²) in [6.07, 6.45) is 2.95. The van der Waals surface area contributed by atoms with Gasteiger partial charge < -0.3 is 15.7 Å². The normalized spacial score (nSPS) is 25.3. The number of carbonyl (C=O) groups is 1. The molecule has 2 aliphatic rings. The van der Waals surface area contributed by atoms with Crippen molar-refractivity contribution in [1.29, 1.82) is 0 Å². The Labute approximate surface area is 146 Å². The fourth-order valence-electron chi connectivity index (χ4n) is 3.87. The summed E-state index contributed by atoms with van der Waals surface area (Å²) >= 11 is 0. The fourth-order valence-corrected chi connectivity index (χ4v) is 3.87. The molecule has 3 N–H and O–H groups in total. The van der Waals surface area contributed by atoms with Gasteiger partial charge in [0, 0.05) is 24.1 Å². The molecular weight excluding hydrogens is 338 g/mol. The highest BCUT2D eigenvalue weighted by Gasteiger charge is 2.40. The lowest BCUT2D eigenvalue weighted by Gasteiger charge is -2.31. The van der Waals surface area contributed by atoms with Crippen molar-refractivity contribution in [1.82, 2.24) is 10.6 Å². The topological polar surface area (TPSA) is 61.4 Å². The molecule has 3 rings (SSSR count). The number of halogens is 3. The molecule has 1 heterocycles. The molecule has 0 radical (unpaired) electrons. The molecule has 0 bridgehead atoms. The second kappa shape index (κ2) is 7.76. The third-order valence-corrected chi connectivity index (χ3v) is 5.08. The number of amides is 1. The molecule has 1 amide bonds. The Morgan fingerprint density at radius 1 is 1.29 bits per heavy atom. The van der Waals surface area contributed by atoms with E-state index in [2.05, 4.69) is 10.6 Å². The van der Waals surface area contributed by atoms with Gasteiger partial charge in [0.2, 0.25) is 5.91 Å². The van der Waals surface area contributed by atoms with E-state index in [4.69, 9.17) is 0 Å². The summed E-state index contributed by atoms with van der Waals surface area (Å²) in [6.45, 7) is 0.614. The second-order valence-electron chi connectivity index (χ2n) is 6.65. The lowest BCUT2D eigenvalue weighted by Crippen LogP contribution is -2.46. The number of rotatable bonds is 4. The monoisotopic (exact) mass is 360 g/mol. The van der Waals surface area contributed by atoms with Crippen LogP contribution in [0.25, 0.3) is 0 Å². The fraction of sp³-hybridized carbons (Fsp3) is 0.588. The quantitative estimate of drug-likeness (QED) is 0.770. The number of aliphatic hydroxyl groups is 1. The summed E-state index contributed by atoms with van der Waals surface area (Å²) in [6, 6.07) is 3.47. The first-order valence-corrected chi connectivity index (χ1v) is 8.15. The summed E-state index contributed by atoms with van der Waals surface area (Å²) in [5.41, 5.74) is -0.584. The summed E-state index contributed by atoms with van der Waals surface area (Å²) in [4.78, 5) is 12.2. The number of benzene rings is 1. The lowest BCUT2D eigenvalue weighted by molar-refractivity contribution is -0.123. The molecular formula is C17H23ClF2N2O2. The van der Waals surface area contributed by atoms with Crippen LogP contribution in [0.1, 0.15) is 37.7 Å². The summed E-state index contributed by atoms with van der Waals surface area (Å²) in [5, 5.41) is 15.3. The first-order valence-electron chi connectivity index (χ1n) is 8.15. The zero-order valence-electron chi connectivity index (χ0n) is 13.4. The third kappa shape index (κ3) is 3.71. The zero-order chi connectivity index (χ0) is 16.4. The van der Waals surface area contributed by atoms with Gasteiger partial charge in [0.1, 0.15) is 11.6 Å². The maximum absolute atomic E-state index is 14.2. The second-order valence-corrected chi connectivity index (χ2v) is 6.65. The van der Waals surface area contributed by atoms with Crippen LogP contribution in [-0.2, 0) is 10.2 Å². The zero-order valence-corrected chi connectivity index (χ0v) is 14.2. The van der Waals surface area contributed by atoms with Crippen LogP contribution in [0.2, 0.25) is 0 Å². The van der Waals surface area contributed by atoms with Crippen molar-refractivity contribution in [3.8, 4) is 0 Å². The van der Waals surface area contributed by atoms with Crippen LogP contribution < -0.4 is 10.6 Å². The van der Waals surface area contributed by atoms with Crippen LogP contribution in [0.4, 0.5) is 8.78 Å². The Balaban J connectivity index is 0.00000208. The average molecular weight is 361 g/mol. The Kier molecular flexibility index (Phi) is 6.17. The van der Waals surface area contributed by atoms with Crippen LogP contribution in [0.3, 0.4) is 0 Å². The van der Waals surface area contributed by atoms with E-state index in [0.717, 1.165) is 12.8 Å². The lowest BCUT2D eigenvalue weighted by atomic mass is 9.78. The molecule has 1 saturated heterocycles. The molecule has 0 aromatic heterocycles. The highest BCUT2D eigenvalue weighted by Crippen LogP contribution is 2.42. The van der Waals surface area contributed by atoms with E-state index in [1.165, 1.54) is 18.2 Å². The minimum Gasteiger partial charge on any atom is -0.392 e. The van der Waals surface area contributed by atoms with E-state index in [1.54, 1.807) is 0 Å². The van der Waals surface area contributed by atoms with Crippen LogP contribution in [0.5, 0.6) is 0 Å². The van der Waals surface area contributed by atoms with Gasteiger partial charge in [-0.3, -0.25) is 4.79 Å². The largest absolute Gasteiger partial charge is 0.392 e. The van der Waals surface area contributed by atoms with Crippen LogP contribution >= 0.6 is 12.4 Å². The predicted octanol–water partition coefficient (Wildman–Crippen LogP) is 2.04. The molecule has 1 saturated carbocycles. The standard InChI is InChI=1S/C17H22F2N2O2.ClH/c18-12-4-3-5-13(19)15(12)17(6-1-2-7-17)10-21-16(23)14-8-11(22)9-20-14;/h3-5,11,14,20,22H,1-2,6-10H2,(H,21,23);1H. The number of hydrogen-bond acceptors (Lipinski definition) is 3. The van der Waals surface area contributed by atoms with Crippen LogP contribution in [0, 0.1) is 11.6 Å². The van der Waals surface area contributed by atoms with E-state index < -0.39 is 29.2 Å². The van der Waals surface area contributed by atoms with Crippen molar-refractivity contribution < 1.29 is 18.7 Å². The van der Waals surface area contributed by atoms with Crippen molar-refractivity contribution in [3.05, 3.63) is 35.4 Å². The maximum Gasteiger partial charge on any atom is 0.237 e. The molecule has 1 aromatic carbocycles. The van der Waals surface area contributed by atoms with Crippen molar-refractivity contribution in [2.45, 2.75) is 49.7 Å². The summed E-state index contributed by atoms with van der Waals surface area (Å²) in [5.74, 6) is -1.31. The SMILES string of the molecule is Cl.O=C(NCC1(c2c(F)cccc2F)CCCC1)C1CC(O)CN1. The highest BCUT2D eigenvalue weighted by atomic mass is 35.5. The van der Waals surface area contributed by atoms with Gasteiger partial charge in [-0.05, 0) is 31.4 Å². The molecule has 24 heavy (non-hydrogen) atoms. The van der Waals surface area contributed by atoms with Gasteiger partial charge in [0.15, 0.2) is 0 Å². The summed E-state index contributed by atoms with van der Waals surface area (Å²) < 4.78 is 28.5. The van der Waals surface area contributed by atoms with Crippen molar-refractivity contribution >= 4 is 18.3 Å². The molecule has 0 spiro atoms. The first-order chi connectivity index (χ1) is 11.0. The molecule has 1 aliphatic heterocycles. The number of hydrogen-bond donors (Lipinski definition) is 3. The average Bonchev–Trinajstić information content (AvgIpc) is 3.15. The molecule has 4 nitrogen and oxygen atoms in total. The Bertz CT molecular complexity index is 574. The van der Waals surface area contributed by atoms with Gasteiger partial charge in [0.25, 0.3) is 0 Å². The third-order valence-electron chi connectivity index (χ3n) is 5.08. The minimum atomic E-state index is -0.678. The molecule has 134 valence electrons. The predicted molar refractivity (Wildman–Crippen MR) is 89.2 cm³/mol. The van der Waals surface area contributed by atoms with E-state index >= 15 is 0 Å². The molecule has 7 heteroatoms. The van der Waals surface area contributed by atoms with Gasteiger partial charge in [0.05, 0.1) is 12.1 Å². The van der Waals surface area contributed by atoms with Gasteiger partial charge in [-0.15, -0.1) is 12.4 Å². The number of carbonyl (C=O) groups excluding carboxylic acids is 1. The molecule has 2 atom stereocenters. The molecule has 1 aromatic rings. The number of aliphatic hydroxyl groups excluding tert-OH is 1. The molecule has 2 fully saturated rings. The van der Waals surface area contributed by atoms with Gasteiger partial charge in [-0.1, -0.05) is 18.9 Å². The Morgan fingerprint density at radius 2 is 1.92 bits per heavy atom. The molecule has 1 aliphatic carbocycles. The highest BCUT2D eigenvalue weighted by molar-refractivity contribution is 5.85. The van der Waals surface area contributed by atoms with Gasteiger partial charge in [-0.25, -0.2) is 8.78 Å². The van der Waals surface area contributed by atoms with E-state index in [9.17, 15) is 18.7 Å². The maximum atomic E-state index is 14.2.